The zero-order valence-electron chi connectivity index (χ0n) is 6.01. The van der Waals surface area contributed by atoms with E-state index in [9.17, 15) is 0 Å². The number of hydrogen-bond donors (Lipinski definition) is 2. The average Bonchev–Trinajstić information content (AvgIpc) is 1.80. The Morgan fingerprint density at radius 2 is 1.89 bits per heavy atom. The molecule has 1 aliphatic carbocycles. The molecule has 1 rings (SSSR count). The van der Waals surface area contributed by atoms with Crippen LogP contribution in [0.2, 0.25) is 0 Å². The monoisotopic (exact) mass is 128 g/mol. The van der Waals surface area contributed by atoms with Gasteiger partial charge in [0.15, 0.2) is 0 Å². The van der Waals surface area contributed by atoms with E-state index in [1.54, 1.807) is 0 Å². The van der Waals surface area contributed by atoms with Gasteiger partial charge in [0.25, 0.3) is 0 Å². The minimum atomic E-state index is 0.355. The summed E-state index contributed by atoms with van der Waals surface area (Å²) < 4.78 is 0. The van der Waals surface area contributed by atoms with E-state index < -0.39 is 0 Å². The molecule has 0 aromatic carbocycles. The van der Waals surface area contributed by atoms with Crippen LogP contribution < -0.4 is 11.5 Å². The summed E-state index contributed by atoms with van der Waals surface area (Å²) in [7, 11) is 0. The molecule has 2 nitrogen and oxygen atoms in total. The third kappa shape index (κ3) is 1.66. The van der Waals surface area contributed by atoms with E-state index in [1.807, 2.05) is 0 Å². The Balaban J connectivity index is 2.35. The topological polar surface area (TPSA) is 52.0 Å². The van der Waals surface area contributed by atoms with Gasteiger partial charge >= 0.3 is 0 Å². The van der Waals surface area contributed by atoms with Crippen LogP contribution in [0.1, 0.15) is 26.2 Å². The Kier molecular flexibility index (Phi) is 2.09. The summed E-state index contributed by atoms with van der Waals surface area (Å²) in [5, 5.41) is 0. The molecule has 4 N–H and O–H groups in total. The van der Waals surface area contributed by atoms with E-state index in [4.69, 9.17) is 11.5 Å². The molecular formula is C7H16N2. The lowest BCUT2D eigenvalue weighted by Gasteiger charge is -2.29. The summed E-state index contributed by atoms with van der Waals surface area (Å²) in [5.74, 6) is 0.685. The zero-order valence-corrected chi connectivity index (χ0v) is 6.01. The molecule has 9 heavy (non-hydrogen) atoms. The summed E-state index contributed by atoms with van der Waals surface area (Å²) in [6, 6.07) is 0.727. The Labute approximate surface area is 56.6 Å². The second-order valence-corrected chi connectivity index (χ2v) is 3.21. The zero-order chi connectivity index (χ0) is 6.85. The van der Waals surface area contributed by atoms with Gasteiger partial charge in [-0.15, -0.1) is 0 Å². The van der Waals surface area contributed by atoms with E-state index in [0.717, 1.165) is 12.8 Å². The highest BCUT2D eigenvalue weighted by molar-refractivity contribution is 4.81. The van der Waals surface area contributed by atoms with Crippen molar-refractivity contribution in [2.75, 3.05) is 0 Å². The van der Waals surface area contributed by atoms with Crippen LogP contribution in [0.4, 0.5) is 0 Å². The lowest BCUT2D eigenvalue weighted by atomic mass is 9.84. The van der Waals surface area contributed by atoms with Gasteiger partial charge in [-0.2, -0.15) is 0 Å². The van der Waals surface area contributed by atoms with Crippen molar-refractivity contribution >= 4 is 0 Å². The van der Waals surface area contributed by atoms with Crippen molar-refractivity contribution in [2.24, 2.45) is 17.4 Å². The van der Waals surface area contributed by atoms with E-state index in [0.29, 0.717) is 18.0 Å². The van der Waals surface area contributed by atoms with Crippen LogP contribution in [0.3, 0.4) is 0 Å². The average molecular weight is 128 g/mol. The van der Waals surface area contributed by atoms with Gasteiger partial charge in [-0.3, -0.25) is 0 Å². The van der Waals surface area contributed by atoms with E-state index >= 15 is 0 Å². The third-order valence-corrected chi connectivity index (χ3v) is 2.30. The second kappa shape index (κ2) is 2.67. The highest BCUT2D eigenvalue weighted by Crippen LogP contribution is 2.20. The Morgan fingerprint density at radius 1 is 1.22 bits per heavy atom. The van der Waals surface area contributed by atoms with Crippen molar-refractivity contribution in [1.82, 2.24) is 0 Å². The summed E-state index contributed by atoms with van der Waals surface area (Å²) in [6.07, 6.45) is 3.39. The minimum Gasteiger partial charge on any atom is -0.328 e. The Bertz CT molecular complexity index is 92.9. The number of rotatable bonds is 0. The number of hydrogen-bond acceptors (Lipinski definition) is 2. The first-order valence-electron chi connectivity index (χ1n) is 3.71. The van der Waals surface area contributed by atoms with Crippen LogP contribution in [0.15, 0.2) is 0 Å². The summed E-state index contributed by atoms with van der Waals surface area (Å²) in [5.41, 5.74) is 11.5. The first-order chi connectivity index (χ1) is 4.20. The molecule has 0 aliphatic heterocycles. The van der Waals surface area contributed by atoms with Crippen LogP contribution in [-0.4, -0.2) is 12.1 Å². The van der Waals surface area contributed by atoms with Gasteiger partial charge < -0.3 is 11.5 Å². The third-order valence-electron chi connectivity index (χ3n) is 2.30. The Morgan fingerprint density at radius 3 is 2.33 bits per heavy atom. The standard InChI is InChI=1S/C7H16N2/c1-5-2-3-6(8)4-7(5)9/h5-7H,2-4,8-9H2,1H3. The molecule has 3 atom stereocenters. The fourth-order valence-corrected chi connectivity index (χ4v) is 1.39. The number of nitrogens with two attached hydrogens (primary N) is 2. The lowest BCUT2D eigenvalue weighted by Crippen LogP contribution is -2.40. The van der Waals surface area contributed by atoms with Crippen molar-refractivity contribution in [3.05, 3.63) is 0 Å². The summed E-state index contributed by atoms with van der Waals surface area (Å²) in [6.45, 7) is 2.20. The molecule has 1 saturated carbocycles. The maximum Gasteiger partial charge on any atom is 0.00792 e. The van der Waals surface area contributed by atoms with E-state index in [1.165, 1.54) is 6.42 Å². The summed E-state index contributed by atoms with van der Waals surface area (Å²) in [4.78, 5) is 0. The largest absolute Gasteiger partial charge is 0.328 e. The molecule has 1 aliphatic rings. The van der Waals surface area contributed by atoms with Crippen LogP contribution in [-0.2, 0) is 0 Å². The maximum atomic E-state index is 5.79. The summed E-state index contributed by atoms with van der Waals surface area (Å²) >= 11 is 0. The quantitative estimate of drug-likeness (QED) is 0.498. The Hall–Kier alpha value is -0.0800. The highest BCUT2D eigenvalue weighted by atomic mass is 14.7. The molecule has 3 unspecified atom stereocenters. The molecular weight excluding hydrogens is 112 g/mol. The fourth-order valence-electron chi connectivity index (χ4n) is 1.39. The van der Waals surface area contributed by atoms with Crippen molar-refractivity contribution in [3.8, 4) is 0 Å². The fraction of sp³-hybridized carbons (Fsp3) is 1.00. The predicted octanol–water partition coefficient (Wildman–Crippen LogP) is 0.461. The first-order valence-corrected chi connectivity index (χ1v) is 3.71. The smallest absolute Gasteiger partial charge is 0.00792 e. The van der Waals surface area contributed by atoms with Crippen LogP contribution in [0.25, 0.3) is 0 Å². The van der Waals surface area contributed by atoms with E-state index in [-0.39, 0.29) is 0 Å². The van der Waals surface area contributed by atoms with E-state index in [2.05, 4.69) is 6.92 Å². The molecule has 2 heteroatoms. The van der Waals surface area contributed by atoms with Gasteiger partial charge in [-0.25, -0.2) is 0 Å². The molecule has 54 valence electrons. The van der Waals surface area contributed by atoms with Crippen LogP contribution in [0, 0.1) is 5.92 Å². The molecule has 0 heterocycles. The van der Waals surface area contributed by atoms with Crippen LogP contribution >= 0.6 is 0 Å². The van der Waals surface area contributed by atoms with Gasteiger partial charge in [0.2, 0.25) is 0 Å². The molecule has 0 spiro atoms. The second-order valence-electron chi connectivity index (χ2n) is 3.21. The molecule has 0 aromatic heterocycles. The SMILES string of the molecule is CC1CCC(N)CC1N. The highest BCUT2D eigenvalue weighted by Gasteiger charge is 2.21. The molecule has 0 amide bonds. The van der Waals surface area contributed by atoms with Crippen molar-refractivity contribution in [3.63, 3.8) is 0 Å². The molecule has 0 saturated heterocycles. The lowest BCUT2D eigenvalue weighted by molar-refractivity contribution is 0.301. The van der Waals surface area contributed by atoms with Crippen molar-refractivity contribution in [2.45, 2.75) is 38.3 Å². The van der Waals surface area contributed by atoms with Gasteiger partial charge in [-0.1, -0.05) is 6.92 Å². The first kappa shape index (κ1) is 7.03. The normalized spacial score (nSPS) is 45.0. The maximum absolute atomic E-state index is 5.79. The molecule has 1 fully saturated rings. The predicted molar refractivity (Wildman–Crippen MR) is 39.0 cm³/mol. The van der Waals surface area contributed by atoms with Gasteiger partial charge in [0, 0.05) is 12.1 Å². The van der Waals surface area contributed by atoms with Crippen LogP contribution in [0.5, 0.6) is 0 Å². The molecule has 0 aromatic rings. The van der Waals surface area contributed by atoms with Crippen molar-refractivity contribution < 1.29 is 0 Å². The molecule has 0 bridgehead atoms. The van der Waals surface area contributed by atoms with Crippen molar-refractivity contribution in [1.29, 1.82) is 0 Å². The van der Waals surface area contributed by atoms with Gasteiger partial charge in [0.05, 0.1) is 0 Å². The molecule has 0 radical (unpaired) electrons. The van der Waals surface area contributed by atoms with Gasteiger partial charge in [0.1, 0.15) is 0 Å². The minimum absolute atomic E-state index is 0.355. The van der Waals surface area contributed by atoms with Gasteiger partial charge in [-0.05, 0) is 25.2 Å².